The molecule has 4 nitrogen and oxygen atoms in total. The first-order valence-electron chi connectivity index (χ1n) is 9.63. The van der Waals surface area contributed by atoms with Gasteiger partial charge in [0.1, 0.15) is 4.83 Å². The van der Waals surface area contributed by atoms with Crippen LogP contribution >= 0.6 is 11.3 Å². The zero-order chi connectivity index (χ0) is 19.8. The molecule has 0 aliphatic heterocycles. The van der Waals surface area contributed by atoms with Crippen molar-refractivity contribution in [3.8, 4) is 10.4 Å². The summed E-state index contributed by atoms with van der Waals surface area (Å²) in [5.74, 6) is 0. The molecule has 5 rings (SSSR count). The summed E-state index contributed by atoms with van der Waals surface area (Å²) in [6.07, 6.45) is 3.85. The largest absolute Gasteiger partial charge is 0.361 e. The Hall–Kier alpha value is -3.15. The standard InChI is InChI=1S/C24H22N4S/c1-28(2)15-16-5-3-6-17(13-16)23-14-19-22(10-12-26-24(19)29-23)27-21-8-4-7-20-18(21)9-11-25-20/h3-14,25H,15H2,1-2H3,(H,26,27). The molecule has 0 aliphatic carbocycles. The van der Waals surface area contributed by atoms with Crippen LogP contribution in [0.4, 0.5) is 11.4 Å². The highest BCUT2D eigenvalue weighted by atomic mass is 32.1. The van der Waals surface area contributed by atoms with Gasteiger partial charge in [-0.3, -0.25) is 0 Å². The van der Waals surface area contributed by atoms with E-state index < -0.39 is 0 Å². The minimum Gasteiger partial charge on any atom is -0.361 e. The van der Waals surface area contributed by atoms with Crippen LogP contribution in [-0.2, 0) is 6.54 Å². The van der Waals surface area contributed by atoms with Gasteiger partial charge in [0.2, 0.25) is 0 Å². The summed E-state index contributed by atoms with van der Waals surface area (Å²) in [7, 11) is 4.19. The number of H-pyrrole nitrogens is 1. The summed E-state index contributed by atoms with van der Waals surface area (Å²) in [5.41, 5.74) is 5.86. The van der Waals surface area contributed by atoms with Gasteiger partial charge in [-0.2, -0.15) is 0 Å². The second-order valence-corrected chi connectivity index (χ2v) is 8.53. The Morgan fingerprint density at radius 1 is 0.966 bits per heavy atom. The average molecular weight is 399 g/mol. The lowest BCUT2D eigenvalue weighted by molar-refractivity contribution is 0.402. The van der Waals surface area contributed by atoms with Gasteiger partial charge in [0.05, 0.1) is 5.69 Å². The molecule has 5 aromatic rings. The maximum atomic E-state index is 4.62. The number of rotatable bonds is 5. The highest BCUT2D eigenvalue weighted by molar-refractivity contribution is 7.21. The third kappa shape index (κ3) is 3.50. The van der Waals surface area contributed by atoms with E-state index in [0.717, 1.165) is 33.7 Å². The minimum atomic E-state index is 0.935. The molecule has 2 N–H and O–H groups in total. The van der Waals surface area contributed by atoms with Crippen molar-refractivity contribution in [3.63, 3.8) is 0 Å². The van der Waals surface area contributed by atoms with Crippen molar-refractivity contribution in [2.75, 3.05) is 19.4 Å². The predicted molar refractivity (Wildman–Crippen MR) is 124 cm³/mol. The van der Waals surface area contributed by atoms with E-state index >= 15 is 0 Å². The molecule has 0 radical (unpaired) electrons. The zero-order valence-corrected chi connectivity index (χ0v) is 17.3. The molecule has 3 aromatic heterocycles. The lowest BCUT2D eigenvalue weighted by atomic mass is 10.1. The van der Waals surface area contributed by atoms with Crippen LogP contribution < -0.4 is 5.32 Å². The van der Waals surface area contributed by atoms with Crippen molar-refractivity contribution in [3.05, 3.63) is 78.6 Å². The van der Waals surface area contributed by atoms with Crippen molar-refractivity contribution >= 4 is 43.8 Å². The van der Waals surface area contributed by atoms with Gasteiger partial charge in [-0.1, -0.05) is 24.3 Å². The van der Waals surface area contributed by atoms with E-state index in [1.807, 2.05) is 18.5 Å². The molecule has 0 aliphatic rings. The molecule has 29 heavy (non-hydrogen) atoms. The average Bonchev–Trinajstić information content (AvgIpc) is 3.36. The first-order valence-corrected chi connectivity index (χ1v) is 10.4. The minimum absolute atomic E-state index is 0.935. The fourth-order valence-electron chi connectivity index (χ4n) is 3.72. The second kappa shape index (κ2) is 7.35. The van der Waals surface area contributed by atoms with Crippen LogP contribution in [0, 0.1) is 0 Å². The SMILES string of the molecule is CN(C)Cc1cccc(-c2cc3c(Nc4cccc5[nH]ccc45)ccnc3s2)c1. The van der Waals surface area contributed by atoms with Crippen molar-refractivity contribution in [2.45, 2.75) is 6.54 Å². The normalized spacial score (nSPS) is 11.6. The molecular weight excluding hydrogens is 376 g/mol. The molecule has 0 spiro atoms. The number of fused-ring (bicyclic) bond motifs is 2. The van der Waals surface area contributed by atoms with Gasteiger partial charge >= 0.3 is 0 Å². The van der Waals surface area contributed by atoms with E-state index in [0.29, 0.717) is 0 Å². The molecular formula is C24H22N4S. The number of nitrogens with zero attached hydrogens (tertiary/aromatic N) is 2. The Kier molecular flexibility index (Phi) is 4.54. The summed E-state index contributed by atoms with van der Waals surface area (Å²) in [5, 5.41) is 5.95. The van der Waals surface area contributed by atoms with Gasteiger partial charge in [0.25, 0.3) is 0 Å². The van der Waals surface area contributed by atoms with Gasteiger partial charge in [-0.15, -0.1) is 11.3 Å². The van der Waals surface area contributed by atoms with Crippen molar-refractivity contribution in [1.82, 2.24) is 14.9 Å². The number of aromatic amines is 1. The topological polar surface area (TPSA) is 44.0 Å². The number of nitrogens with one attached hydrogen (secondary N) is 2. The second-order valence-electron chi connectivity index (χ2n) is 7.50. The van der Waals surface area contributed by atoms with Crippen LogP contribution in [0.2, 0.25) is 0 Å². The third-order valence-electron chi connectivity index (χ3n) is 5.01. The third-order valence-corrected chi connectivity index (χ3v) is 6.10. The first kappa shape index (κ1) is 17.9. The van der Waals surface area contributed by atoms with E-state index in [4.69, 9.17) is 0 Å². The summed E-state index contributed by atoms with van der Waals surface area (Å²) in [6.45, 7) is 0.935. The van der Waals surface area contributed by atoms with Crippen LogP contribution in [0.3, 0.4) is 0 Å². The van der Waals surface area contributed by atoms with Crippen molar-refractivity contribution in [2.24, 2.45) is 0 Å². The van der Waals surface area contributed by atoms with Gasteiger partial charge in [0.15, 0.2) is 0 Å². The Morgan fingerprint density at radius 2 is 1.83 bits per heavy atom. The molecule has 0 bridgehead atoms. The van der Waals surface area contributed by atoms with Crippen LogP contribution in [0.5, 0.6) is 0 Å². The lowest BCUT2D eigenvalue weighted by Crippen LogP contribution is -2.10. The quantitative estimate of drug-likeness (QED) is 0.368. The van der Waals surface area contributed by atoms with E-state index in [2.05, 4.69) is 88.9 Å². The molecule has 0 saturated heterocycles. The monoisotopic (exact) mass is 398 g/mol. The predicted octanol–water partition coefficient (Wildman–Crippen LogP) is 6.25. The smallest absolute Gasteiger partial charge is 0.125 e. The van der Waals surface area contributed by atoms with Crippen molar-refractivity contribution < 1.29 is 0 Å². The van der Waals surface area contributed by atoms with E-state index in [-0.39, 0.29) is 0 Å². The number of hydrogen-bond donors (Lipinski definition) is 2. The summed E-state index contributed by atoms with van der Waals surface area (Å²) in [4.78, 5) is 12.4. The first-order chi connectivity index (χ1) is 14.2. The van der Waals surface area contributed by atoms with E-state index in [1.165, 1.54) is 21.4 Å². The number of thiophene rings is 1. The molecule has 5 heteroatoms. The van der Waals surface area contributed by atoms with Gasteiger partial charge in [-0.05, 0) is 61.6 Å². The highest BCUT2D eigenvalue weighted by Gasteiger charge is 2.11. The molecule has 0 amide bonds. The Balaban J connectivity index is 1.54. The molecule has 0 saturated carbocycles. The Morgan fingerprint density at radius 3 is 2.72 bits per heavy atom. The molecule has 144 valence electrons. The summed E-state index contributed by atoms with van der Waals surface area (Å²) < 4.78 is 0. The summed E-state index contributed by atoms with van der Waals surface area (Å²) >= 11 is 1.74. The maximum absolute atomic E-state index is 4.62. The van der Waals surface area contributed by atoms with E-state index in [1.54, 1.807) is 11.3 Å². The molecule has 3 heterocycles. The molecule has 0 fully saturated rings. The highest BCUT2D eigenvalue weighted by Crippen LogP contribution is 2.37. The number of benzene rings is 2. The van der Waals surface area contributed by atoms with Crippen molar-refractivity contribution in [1.29, 1.82) is 0 Å². The number of hydrogen-bond acceptors (Lipinski definition) is 4. The lowest BCUT2D eigenvalue weighted by Gasteiger charge is -2.10. The van der Waals surface area contributed by atoms with Crippen LogP contribution in [0.15, 0.2) is 73.1 Å². The number of aromatic nitrogens is 2. The van der Waals surface area contributed by atoms with Crippen LogP contribution in [0.25, 0.3) is 31.6 Å². The maximum Gasteiger partial charge on any atom is 0.125 e. The van der Waals surface area contributed by atoms with Crippen LogP contribution in [-0.4, -0.2) is 29.0 Å². The number of pyridine rings is 1. The van der Waals surface area contributed by atoms with E-state index in [9.17, 15) is 0 Å². The Labute approximate surface area is 173 Å². The van der Waals surface area contributed by atoms with Gasteiger partial charge in [-0.25, -0.2) is 4.98 Å². The van der Waals surface area contributed by atoms with Gasteiger partial charge in [0, 0.05) is 45.8 Å². The Bertz CT molecular complexity index is 1300. The molecule has 2 aromatic carbocycles. The molecule has 0 atom stereocenters. The number of anilines is 2. The summed E-state index contributed by atoms with van der Waals surface area (Å²) in [6, 6.07) is 21.4. The fraction of sp³-hybridized carbons (Fsp3) is 0.125. The van der Waals surface area contributed by atoms with Gasteiger partial charge < -0.3 is 15.2 Å². The molecule has 0 unspecified atom stereocenters. The van der Waals surface area contributed by atoms with Crippen LogP contribution in [0.1, 0.15) is 5.56 Å². The fourth-order valence-corrected chi connectivity index (χ4v) is 4.74. The zero-order valence-electron chi connectivity index (χ0n) is 16.4.